The molecule has 0 bridgehead atoms. The van der Waals surface area contributed by atoms with Crippen LogP contribution in [0.4, 0.5) is 0 Å². The highest BCUT2D eigenvalue weighted by Crippen LogP contribution is 2.35. The maximum absolute atomic E-state index is 6.59. The van der Waals surface area contributed by atoms with Crippen molar-refractivity contribution in [1.82, 2.24) is 0 Å². The number of furan rings is 1. The molecule has 0 radical (unpaired) electrons. The number of hydrogen-bond donors (Lipinski definition) is 0. The van der Waals surface area contributed by atoms with Crippen molar-refractivity contribution in [3.8, 4) is 0 Å². The maximum Gasteiger partial charge on any atom is 0.106 e. The fourth-order valence-electron chi connectivity index (χ4n) is 2.83. The molecule has 1 unspecified atom stereocenters. The van der Waals surface area contributed by atoms with E-state index in [4.69, 9.17) is 16.0 Å². The normalized spacial score (nSPS) is 15.7. The average Bonchev–Trinajstić information content (AvgIpc) is 2.93. The molecule has 0 amide bonds. The van der Waals surface area contributed by atoms with E-state index in [-0.39, 0.29) is 5.38 Å². The Balaban J connectivity index is 1.97. The van der Waals surface area contributed by atoms with Crippen LogP contribution in [-0.4, -0.2) is 0 Å². The molecule has 0 saturated heterocycles. The van der Waals surface area contributed by atoms with Crippen LogP contribution in [0.25, 0.3) is 0 Å². The van der Waals surface area contributed by atoms with Gasteiger partial charge in [-0.15, -0.1) is 11.6 Å². The SMILES string of the molecule is Cc1cc(C(Cl)c2ccc3c(c2)CCC3)c(C)o1. The van der Waals surface area contributed by atoms with Gasteiger partial charge in [-0.3, -0.25) is 0 Å². The van der Waals surface area contributed by atoms with E-state index in [2.05, 4.69) is 18.2 Å². The van der Waals surface area contributed by atoms with Crippen molar-refractivity contribution in [2.45, 2.75) is 38.5 Å². The fourth-order valence-corrected chi connectivity index (χ4v) is 3.18. The second kappa shape index (κ2) is 4.47. The van der Waals surface area contributed by atoms with Crippen LogP contribution in [0.3, 0.4) is 0 Å². The minimum absolute atomic E-state index is 0.103. The lowest BCUT2D eigenvalue weighted by Gasteiger charge is -2.11. The van der Waals surface area contributed by atoms with Crippen LogP contribution in [0.15, 0.2) is 28.7 Å². The van der Waals surface area contributed by atoms with Gasteiger partial charge in [0.05, 0.1) is 5.38 Å². The topological polar surface area (TPSA) is 13.1 Å². The highest BCUT2D eigenvalue weighted by atomic mass is 35.5. The van der Waals surface area contributed by atoms with E-state index in [1.54, 1.807) is 0 Å². The zero-order valence-electron chi connectivity index (χ0n) is 10.8. The first-order valence-electron chi connectivity index (χ1n) is 6.48. The van der Waals surface area contributed by atoms with Crippen LogP contribution in [-0.2, 0) is 12.8 Å². The highest BCUT2D eigenvalue weighted by molar-refractivity contribution is 6.22. The van der Waals surface area contributed by atoms with Gasteiger partial charge in [-0.25, -0.2) is 0 Å². The van der Waals surface area contributed by atoms with E-state index in [0.29, 0.717) is 0 Å². The number of aryl methyl sites for hydroxylation is 4. The van der Waals surface area contributed by atoms with E-state index in [1.165, 1.54) is 36.0 Å². The minimum atomic E-state index is -0.103. The molecule has 1 nitrogen and oxygen atoms in total. The van der Waals surface area contributed by atoms with Crippen LogP contribution in [0.5, 0.6) is 0 Å². The molecule has 1 aliphatic carbocycles. The summed E-state index contributed by atoms with van der Waals surface area (Å²) in [6.45, 7) is 3.94. The van der Waals surface area contributed by atoms with Crippen molar-refractivity contribution in [2.24, 2.45) is 0 Å². The first-order valence-corrected chi connectivity index (χ1v) is 6.91. The molecule has 2 aromatic rings. The fraction of sp³-hybridized carbons (Fsp3) is 0.375. The quantitative estimate of drug-likeness (QED) is 0.713. The smallest absolute Gasteiger partial charge is 0.106 e. The molecular weight excluding hydrogens is 244 g/mol. The van der Waals surface area contributed by atoms with E-state index >= 15 is 0 Å². The van der Waals surface area contributed by atoms with Gasteiger partial charge >= 0.3 is 0 Å². The number of rotatable bonds is 2. The van der Waals surface area contributed by atoms with Crippen molar-refractivity contribution >= 4 is 11.6 Å². The Hall–Kier alpha value is -1.21. The van der Waals surface area contributed by atoms with Crippen molar-refractivity contribution in [1.29, 1.82) is 0 Å². The molecule has 2 heteroatoms. The highest BCUT2D eigenvalue weighted by Gasteiger charge is 2.19. The molecule has 3 rings (SSSR count). The summed E-state index contributed by atoms with van der Waals surface area (Å²) in [6.07, 6.45) is 3.68. The molecule has 1 aliphatic rings. The third-order valence-electron chi connectivity index (χ3n) is 3.77. The monoisotopic (exact) mass is 260 g/mol. The van der Waals surface area contributed by atoms with Crippen LogP contribution in [0, 0.1) is 13.8 Å². The Morgan fingerprint density at radius 2 is 1.89 bits per heavy atom. The number of benzene rings is 1. The number of halogens is 1. The summed E-state index contributed by atoms with van der Waals surface area (Å²) in [4.78, 5) is 0. The summed E-state index contributed by atoms with van der Waals surface area (Å²) in [5.74, 6) is 1.85. The van der Waals surface area contributed by atoms with Crippen LogP contribution < -0.4 is 0 Å². The molecule has 0 spiro atoms. The number of hydrogen-bond acceptors (Lipinski definition) is 1. The second-order valence-electron chi connectivity index (χ2n) is 5.11. The van der Waals surface area contributed by atoms with Gasteiger partial charge in [-0.2, -0.15) is 0 Å². The summed E-state index contributed by atoms with van der Waals surface area (Å²) in [7, 11) is 0. The molecule has 0 N–H and O–H groups in total. The molecule has 0 saturated carbocycles. The van der Waals surface area contributed by atoms with E-state index in [1.807, 2.05) is 19.9 Å². The lowest BCUT2D eigenvalue weighted by atomic mass is 10.0. The van der Waals surface area contributed by atoms with Gasteiger partial charge in [0.25, 0.3) is 0 Å². The van der Waals surface area contributed by atoms with Gasteiger partial charge in [0.15, 0.2) is 0 Å². The Labute approximate surface area is 113 Å². The molecule has 18 heavy (non-hydrogen) atoms. The number of fused-ring (bicyclic) bond motifs is 1. The summed E-state index contributed by atoms with van der Waals surface area (Å²) >= 11 is 6.59. The van der Waals surface area contributed by atoms with E-state index < -0.39 is 0 Å². The third kappa shape index (κ3) is 1.97. The molecule has 0 fully saturated rings. The third-order valence-corrected chi connectivity index (χ3v) is 4.25. The summed E-state index contributed by atoms with van der Waals surface area (Å²) in [5.41, 5.74) is 5.23. The van der Waals surface area contributed by atoms with Crippen LogP contribution >= 0.6 is 11.6 Å². The van der Waals surface area contributed by atoms with Crippen molar-refractivity contribution in [3.05, 3.63) is 58.0 Å². The van der Waals surface area contributed by atoms with E-state index in [0.717, 1.165) is 17.1 Å². The summed E-state index contributed by atoms with van der Waals surface area (Å²) < 4.78 is 5.57. The molecule has 1 atom stereocenters. The predicted octanol–water partition coefficient (Wildman–Crippen LogP) is 4.71. The number of alkyl halides is 1. The maximum atomic E-state index is 6.59. The van der Waals surface area contributed by atoms with Crippen LogP contribution in [0.2, 0.25) is 0 Å². The lowest BCUT2D eigenvalue weighted by Crippen LogP contribution is -1.95. The summed E-state index contributed by atoms with van der Waals surface area (Å²) in [5, 5.41) is -0.103. The molecule has 94 valence electrons. The van der Waals surface area contributed by atoms with Crippen molar-refractivity contribution < 1.29 is 4.42 Å². The zero-order valence-corrected chi connectivity index (χ0v) is 11.6. The average molecular weight is 261 g/mol. The molecule has 1 heterocycles. The van der Waals surface area contributed by atoms with Crippen molar-refractivity contribution in [3.63, 3.8) is 0 Å². The standard InChI is InChI=1S/C16H17ClO/c1-10-8-15(11(2)18-10)16(17)14-7-6-12-4-3-5-13(12)9-14/h6-9,16H,3-5H2,1-2H3. The largest absolute Gasteiger partial charge is 0.466 e. The molecule has 1 aromatic carbocycles. The zero-order chi connectivity index (χ0) is 12.7. The molecule has 0 aliphatic heterocycles. The lowest BCUT2D eigenvalue weighted by molar-refractivity contribution is 0.501. The second-order valence-corrected chi connectivity index (χ2v) is 5.55. The van der Waals surface area contributed by atoms with Gasteiger partial charge in [0.2, 0.25) is 0 Å². The van der Waals surface area contributed by atoms with Crippen molar-refractivity contribution in [2.75, 3.05) is 0 Å². The van der Waals surface area contributed by atoms with E-state index in [9.17, 15) is 0 Å². The Kier molecular flexibility index (Phi) is 2.95. The van der Waals surface area contributed by atoms with Crippen LogP contribution in [0.1, 0.15) is 45.6 Å². The first-order chi connectivity index (χ1) is 8.65. The Bertz CT molecular complexity index is 583. The van der Waals surface area contributed by atoms with Gasteiger partial charge in [0, 0.05) is 5.56 Å². The molecular formula is C16H17ClO. The van der Waals surface area contributed by atoms with Gasteiger partial charge in [-0.05, 0) is 55.9 Å². The Morgan fingerprint density at radius 1 is 1.11 bits per heavy atom. The van der Waals surface area contributed by atoms with Gasteiger partial charge in [0.1, 0.15) is 11.5 Å². The predicted molar refractivity (Wildman–Crippen MR) is 74.3 cm³/mol. The molecule has 1 aromatic heterocycles. The summed E-state index contributed by atoms with van der Waals surface area (Å²) in [6, 6.07) is 8.70. The minimum Gasteiger partial charge on any atom is -0.466 e. The van der Waals surface area contributed by atoms with Gasteiger partial charge < -0.3 is 4.42 Å². The van der Waals surface area contributed by atoms with Gasteiger partial charge in [-0.1, -0.05) is 18.2 Å². The Morgan fingerprint density at radius 3 is 2.61 bits per heavy atom. The first kappa shape index (κ1) is 11.9.